The Bertz CT molecular complexity index is 799. The zero-order valence-electron chi connectivity index (χ0n) is 13.8. The minimum Gasteiger partial charge on any atom is -0.496 e. The summed E-state index contributed by atoms with van der Waals surface area (Å²) in [5, 5.41) is 12.7. The lowest BCUT2D eigenvalue weighted by molar-refractivity contribution is 0.336. The first-order chi connectivity index (χ1) is 11.0. The maximum absolute atomic E-state index is 5.38. The van der Waals surface area contributed by atoms with Crippen LogP contribution in [-0.2, 0) is 12.1 Å². The van der Waals surface area contributed by atoms with Gasteiger partial charge in [-0.25, -0.2) is 14.3 Å². The quantitative estimate of drug-likeness (QED) is 0.739. The minimum absolute atomic E-state index is 0.127. The van der Waals surface area contributed by atoms with E-state index in [1.165, 1.54) is 0 Å². The Balaban J connectivity index is 1.88. The van der Waals surface area contributed by atoms with Crippen LogP contribution in [0.5, 0.6) is 5.75 Å². The number of nitrogens with zero attached hydrogens (tertiary/aromatic N) is 6. The molecule has 7 nitrogen and oxygen atoms in total. The van der Waals surface area contributed by atoms with Gasteiger partial charge < -0.3 is 4.74 Å². The molecule has 0 unspecified atom stereocenters. The van der Waals surface area contributed by atoms with Crippen molar-refractivity contribution in [2.75, 3.05) is 7.11 Å². The second-order valence-electron chi connectivity index (χ2n) is 6.26. The van der Waals surface area contributed by atoms with Gasteiger partial charge in [-0.1, -0.05) is 17.3 Å². The molecule has 3 rings (SSSR count). The molecule has 7 heteroatoms. The summed E-state index contributed by atoms with van der Waals surface area (Å²) in [5.74, 6) is 1.62. The Kier molecular flexibility index (Phi) is 3.85. The molecular weight excluding hydrogens is 292 g/mol. The van der Waals surface area contributed by atoms with Crippen LogP contribution in [0.3, 0.4) is 0 Å². The van der Waals surface area contributed by atoms with Crippen LogP contribution in [0.4, 0.5) is 0 Å². The summed E-state index contributed by atoms with van der Waals surface area (Å²) < 4.78 is 9.03. The molecule has 2 heterocycles. The predicted octanol–water partition coefficient (Wildman–Crippen LogP) is 2.35. The Morgan fingerprint density at radius 2 is 1.96 bits per heavy atom. The van der Waals surface area contributed by atoms with E-state index in [4.69, 9.17) is 4.74 Å². The van der Waals surface area contributed by atoms with Crippen LogP contribution in [0.2, 0.25) is 0 Å². The van der Waals surface area contributed by atoms with Crippen molar-refractivity contribution < 1.29 is 4.74 Å². The molecule has 0 bridgehead atoms. The van der Waals surface area contributed by atoms with Gasteiger partial charge in [0.05, 0.1) is 18.8 Å². The summed E-state index contributed by atoms with van der Waals surface area (Å²) in [6.07, 6.45) is 3.46. The SMILES string of the molecule is COc1ccccc1-c1cn(Cc2ncnn2C(C)(C)C)nn1. The molecular formula is C16H20N6O. The maximum Gasteiger partial charge on any atom is 0.149 e. The second-order valence-corrected chi connectivity index (χ2v) is 6.26. The highest BCUT2D eigenvalue weighted by molar-refractivity contribution is 5.65. The smallest absolute Gasteiger partial charge is 0.149 e. The van der Waals surface area contributed by atoms with Crippen LogP contribution in [0.1, 0.15) is 26.6 Å². The van der Waals surface area contributed by atoms with Crippen molar-refractivity contribution >= 4 is 0 Å². The number of rotatable bonds is 4. The van der Waals surface area contributed by atoms with Gasteiger partial charge in [0.1, 0.15) is 30.1 Å². The van der Waals surface area contributed by atoms with Gasteiger partial charge in [-0.2, -0.15) is 5.10 Å². The molecule has 0 saturated heterocycles. The number of benzene rings is 1. The van der Waals surface area contributed by atoms with Crippen LogP contribution in [0.25, 0.3) is 11.3 Å². The molecule has 0 aliphatic heterocycles. The predicted molar refractivity (Wildman–Crippen MR) is 86.1 cm³/mol. The van der Waals surface area contributed by atoms with Gasteiger partial charge >= 0.3 is 0 Å². The van der Waals surface area contributed by atoms with Crippen molar-refractivity contribution in [1.82, 2.24) is 29.8 Å². The molecule has 0 saturated carbocycles. The molecule has 0 aliphatic rings. The maximum atomic E-state index is 5.38. The Morgan fingerprint density at radius 1 is 1.17 bits per heavy atom. The first kappa shape index (κ1) is 15.2. The van der Waals surface area contributed by atoms with Crippen molar-refractivity contribution in [3.8, 4) is 17.0 Å². The average Bonchev–Trinajstić information content (AvgIpc) is 3.16. The number of methoxy groups -OCH3 is 1. The van der Waals surface area contributed by atoms with E-state index in [0.717, 1.165) is 22.8 Å². The highest BCUT2D eigenvalue weighted by Crippen LogP contribution is 2.27. The molecule has 120 valence electrons. The van der Waals surface area contributed by atoms with Crippen LogP contribution in [0.15, 0.2) is 36.8 Å². The molecule has 2 aromatic heterocycles. The van der Waals surface area contributed by atoms with Gasteiger partial charge in [0.25, 0.3) is 0 Å². The molecule has 0 atom stereocenters. The van der Waals surface area contributed by atoms with Gasteiger partial charge in [-0.05, 0) is 32.9 Å². The summed E-state index contributed by atoms with van der Waals surface area (Å²) in [7, 11) is 1.65. The Hall–Kier alpha value is -2.70. The molecule has 1 aromatic carbocycles. The largest absolute Gasteiger partial charge is 0.496 e. The fourth-order valence-electron chi connectivity index (χ4n) is 2.43. The van der Waals surface area contributed by atoms with Crippen LogP contribution in [0, 0.1) is 0 Å². The molecule has 0 aliphatic carbocycles. The molecule has 23 heavy (non-hydrogen) atoms. The first-order valence-electron chi connectivity index (χ1n) is 7.42. The Morgan fingerprint density at radius 3 is 2.70 bits per heavy atom. The monoisotopic (exact) mass is 312 g/mol. The van der Waals surface area contributed by atoms with Gasteiger partial charge in [-0.3, -0.25) is 0 Å². The summed E-state index contributed by atoms with van der Waals surface area (Å²) in [4.78, 5) is 4.33. The molecule has 0 radical (unpaired) electrons. The van der Waals surface area contributed by atoms with E-state index in [-0.39, 0.29) is 5.54 Å². The lowest BCUT2D eigenvalue weighted by Crippen LogP contribution is -2.26. The lowest BCUT2D eigenvalue weighted by Gasteiger charge is -2.20. The van der Waals surface area contributed by atoms with Crippen LogP contribution in [-0.4, -0.2) is 36.9 Å². The third-order valence-corrected chi connectivity index (χ3v) is 3.48. The fourth-order valence-corrected chi connectivity index (χ4v) is 2.43. The van der Waals surface area contributed by atoms with E-state index in [0.29, 0.717) is 6.54 Å². The highest BCUT2D eigenvalue weighted by atomic mass is 16.5. The topological polar surface area (TPSA) is 70.7 Å². The third kappa shape index (κ3) is 3.08. The van der Waals surface area contributed by atoms with Crippen molar-refractivity contribution in [2.24, 2.45) is 0 Å². The highest BCUT2D eigenvalue weighted by Gasteiger charge is 2.19. The second kappa shape index (κ2) is 5.83. The summed E-state index contributed by atoms with van der Waals surface area (Å²) in [5.41, 5.74) is 1.56. The van der Waals surface area contributed by atoms with E-state index in [1.54, 1.807) is 18.1 Å². The molecule has 0 spiro atoms. The average molecular weight is 312 g/mol. The molecule has 0 fully saturated rings. The van der Waals surface area contributed by atoms with E-state index < -0.39 is 0 Å². The van der Waals surface area contributed by atoms with Gasteiger partial charge in [0, 0.05) is 5.56 Å². The minimum atomic E-state index is -0.127. The van der Waals surface area contributed by atoms with Gasteiger partial charge in [-0.15, -0.1) is 5.10 Å². The molecule has 0 N–H and O–H groups in total. The zero-order valence-corrected chi connectivity index (χ0v) is 13.8. The van der Waals surface area contributed by atoms with Crippen LogP contribution >= 0.6 is 0 Å². The van der Waals surface area contributed by atoms with E-state index in [9.17, 15) is 0 Å². The summed E-state index contributed by atoms with van der Waals surface area (Å²) >= 11 is 0. The number of hydrogen-bond acceptors (Lipinski definition) is 5. The normalized spacial score (nSPS) is 11.7. The summed E-state index contributed by atoms with van der Waals surface area (Å²) in [6.45, 7) is 6.78. The fraction of sp³-hybridized carbons (Fsp3) is 0.375. The van der Waals surface area contributed by atoms with Gasteiger partial charge in [0.2, 0.25) is 0 Å². The molecule has 0 amide bonds. The van der Waals surface area contributed by atoms with Crippen molar-refractivity contribution in [2.45, 2.75) is 32.9 Å². The number of hydrogen-bond donors (Lipinski definition) is 0. The van der Waals surface area contributed by atoms with E-state index >= 15 is 0 Å². The standard InChI is InChI=1S/C16H20N6O/c1-16(2,3)22-15(17-11-18-22)10-21-9-13(19-20-21)12-7-5-6-8-14(12)23-4/h5-9,11H,10H2,1-4H3. The first-order valence-corrected chi connectivity index (χ1v) is 7.42. The Labute approximate surface area is 134 Å². The van der Waals surface area contributed by atoms with Gasteiger partial charge in [0.15, 0.2) is 0 Å². The van der Waals surface area contributed by atoms with Crippen molar-refractivity contribution in [3.63, 3.8) is 0 Å². The van der Waals surface area contributed by atoms with Crippen LogP contribution < -0.4 is 4.74 Å². The molecule has 3 aromatic rings. The lowest BCUT2D eigenvalue weighted by atomic mass is 10.1. The third-order valence-electron chi connectivity index (χ3n) is 3.48. The summed E-state index contributed by atoms with van der Waals surface area (Å²) in [6, 6.07) is 7.75. The van der Waals surface area contributed by atoms with E-state index in [1.807, 2.05) is 35.1 Å². The van der Waals surface area contributed by atoms with Crippen molar-refractivity contribution in [1.29, 1.82) is 0 Å². The van der Waals surface area contributed by atoms with Crippen molar-refractivity contribution in [3.05, 3.63) is 42.6 Å². The number of ether oxygens (including phenoxy) is 1. The zero-order chi connectivity index (χ0) is 16.4. The van der Waals surface area contributed by atoms with E-state index in [2.05, 4.69) is 41.2 Å². The number of para-hydroxylation sites is 1. The number of aromatic nitrogens is 6.